The van der Waals surface area contributed by atoms with Gasteiger partial charge in [0.1, 0.15) is 0 Å². The van der Waals surface area contributed by atoms with E-state index in [4.69, 9.17) is 22.6 Å². The van der Waals surface area contributed by atoms with E-state index in [0.717, 1.165) is 6.42 Å². The molecule has 0 saturated heterocycles. The van der Waals surface area contributed by atoms with Crippen molar-refractivity contribution in [1.29, 1.82) is 0 Å². The summed E-state index contributed by atoms with van der Waals surface area (Å²) in [5.74, 6) is 0. The standard InChI is InChI=1S/C16H34O.Na.H2O4S.H/c1-2-3-4-5-6-7-8-9-10-11-12-13-14-15-16-17;;1-5(2,3)4;/h17H,2-16H2,1H3;;(H2,1,2,3,4);/q;+1;;-1. The third-order valence-electron chi connectivity index (χ3n) is 3.51. The van der Waals surface area contributed by atoms with Crippen molar-refractivity contribution in [2.75, 3.05) is 6.61 Å². The number of unbranched alkanes of at least 4 members (excludes halogenated alkanes) is 13. The van der Waals surface area contributed by atoms with Gasteiger partial charge >= 0.3 is 40.0 Å². The Morgan fingerprint density at radius 3 is 1.09 bits per heavy atom. The van der Waals surface area contributed by atoms with Crippen LogP contribution >= 0.6 is 0 Å². The Bertz CT molecular complexity index is 281. The summed E-state index contributed by atoms with van der Waals surface area (Å²) in [6.07, 6.45) is 19.2. The van der Waals surface area contributed by atoms with Crippen LogP contribution in [0.2, 0.25) is 0 Å². The van der Waals surface area contributed by atoms with E-state index in [1.165, 1.54) is 83.5 Å². The monoisotopic (exact) mass is 364 g/mol. The van der Waals surface area contributed by atoms with Gasteiger partial charge in [0.15, 0.2) is 0 Å². The molecule has 0 spiro atoms. The molecule has 0 heterocycles. The SMILES string of the molecule is CCCCCCCCCCCCCCCCO.O=S(=O)(O)O.[H-].[Na+]. The average Bonchev–Trinajstić information content (AvgIpc) is 2.42. The zero-order valence-electron chi connectivity index (χ0n) is 16.2. The molecule has 23 heavy (non-hydrogen) atoms. The molecule has 138 valence electrons. The van der Waals surface area contributed by atoms with E-state index in [-0.39, 0.29) is 31.0 Å². The van der Waals surface area contributed by atoms with Crippen LogP contribution in [-0.4, -0.2) is 29.2 Å². The topological polar surface area (TPSA) is 94.8 Å². The molecule has 0 atom stereocenters. The first-order chi connectivity index (χ1) is 10.4. The van der Waals surface area contributed by atoms with Crippen LogP contribution in [0, 0.1) is 0 Å². The fourth-order valence-electron chi connectivity index (χ4n) is 2.31. The molecule has 3 N–H and O–H groups in total. The van der Waals surface area contributed by atoms with Crippen LogP contribution in [0.25, 0.3) is 0 Å². The first-order valence-corrected chi connectivity index (χ1v) is 10.1. The van der Waals surface area contributed by atoms with Crippen LogP contribution in [0.3, 0.4) is 0 Å². The molecule has 0 amide bonds. The predicted octanol–water partition coefficient (Wildman–Crippen LogP) is 1.92. The van der Waals surface area contributed by atoms with Crippen LogP contribution in [0.5, 0.6) is 0 Å². The molecule has 0 radical (unpaired) electrons. The molecule has 0 aromatic heterocycles. The molecule has 5 nitrogen and oxygen atoms in total. The van der Waals surface area contributed by atoms with Gasteiger partial charge in [-0.2, -0.15) is 8.42 Å². The van der Waals surface area contributed by atoms with Gasteiger partial charge in [-0.25, -0.2) is 0 Å². The zero-order chi connectivity index (χ0) is 17.1. The Hall–Kier alpha value is 0.830. The molecule has 0 fully saturated rings. The first kappa shape index (κ1) is 28.6. The minimum Gasteiger partial charge on any atom is -1.00 e. The Morgan fingerprint density at radius 1 is 0.652 bits per heavy atom. The van der Waals surface area contributed by atoms with Crippen molar-refractivity contribution in [3.63, 3.8) is 0 Å². The van der Waals surface area contributed by atoms with Gasteiger partial charge in [0.2, 0.25) is 0 Å². The number of aliphatic hydroxyl groups is 1. The van der Waals surface area contributed by atoms with E-state index < -0.39 is 10.4 Å². The van der Waals surface area contributed by atoms with Crippen molar-refractivity contribution in [1.82, 2.24) is 0 Å². The first-order valence-electron chi connectivity index (χ1n) is 8.72. The van der Waals surface area contributed by atoms with E-state index in [1.807, 2.05) is 0 Å². The van der Waals surface area contributed by atoms with Crippen LogP contribution in [0.1, 0.15) is 98.2 Å². The third-order valence-corrected chi connectivity index (χ3v) is 3.51. The number of hydrogen-bond donors (Lipinski definition) is 3. The molecule has 0 aliphatic carbocycles. The minimum absolute atomic E-state index is 0. The van der Waals surface area contributed by atoms with E-state index >= 15 is 0 Å². The third kappa shape index (κ3) is 45.0. The predicted molar refractivity (Wildman–Crippen MR) is 92.7 cm³/mol. The van der Waals surface area contributed by atoms with Gasteiger partial charge in [-0.15, -0.1) is 0 Å². The minimum atomic E-state index is -4.67. The summed E-state index contributed by atoms with van der Waals surface area (Å²) in [5, 5.41) is 8.64. The van der Waals surface area contributed by atoms with Crippen LogP contribution < -0.4 is 29.6 Å². The maximum Gasteiger partial charge on any atom is 1.00 e. The summed E-state index contributed by atoms with van der Waals surface area (Å²) >= 11 is 0. The second kappa shape index (κ2) is 22.8. The van der Waals surface area contributed by atoms with Gasteiger partial charge in [-0.1, -0.05) is 90.4 Å². The second-order valence-corrected chi connectivity index (χ2v) is 6.66. The summed E-state index contributed by atoms with van der Waals surface area (Å²) in [4.78, 5) is 0. The maximum absolute atomic E-state index is 8.74. The molecule has 0 aromatic rings. The quantitative estimate of drug-likeness (QED) is 0.249. The molecule has 0 bridgehead atoms. The molecule has 7 heteroatoms. The van der Waals surface area contributed by atoms with Gasteiger partial charge in [0, 0.05) is 6.61 Å². The summed E-state index contributed by atoms with van der Waals surface area (Å²) in [6, 6.07) is 0. The van der Waals surface area contributed by atoms with Gasteiger partial charge in [-0.3, -0.25) is 9.11 Å². The molecular formula is C16H37NaO5S. The molecule has 0 aromatic carbocycles. The fourth-order valence-corrected chi connectivity index (χ4v) is 2.31. The van der Waals surface area contributed by atoms with Crippen molar-refractivity contribution < 1.29 is 53.6 Å². The van der Waals surface area contributed by atoms with Crippen molar-refractivity contribution in [2.24, 2.45) is 0 Å². The average molecular weight is 365 g/mol. The van der Waals surface area contributed by atoms with Crippen LogP contribution in [-0.2, 0) is 10.4 Å². The Balaban J connectivity index is -0.000000250. The van der Waals surface area contributed by atoms with E-state index in [2.05, 4.69) is 6.92 Å². The normalized spacial score (nSPS) is 10.6. The van der Waals surface area contributed by atoms with Crippen molar-refractivity contribution in [3.05, 3.63) is 0 Å². The zero-order valence-corrected chi connectivity index (χ0v) is 18.0. The maximum atomic E-state index is 8.74. The summed E-state index contributed by atoms with van der Waals surface area (Å²) in [6.45, 7) is 2.65. The summed E-state index contributed by atoms with van der Waals surface area (Å²) in [7, 11) is -4.67. The van der Waals surface area contributed by atoms with Gasteiger partial charge in [0.05, 0.1) is 0 Å². The van der Waals surface area contributed by atoms with Crippen molar-refractivity contribution in [3.8, 4) is 0 Å². The summed E-state index contributed by atoms with van der Waals surface area (Å²) in [5.41, 5.74) is 0. The van der Waals surface area contributed by atoms with Crippen molar-refractivity contribution in [2.45, 2.75) is 96.8 Å². The largest absolute Gasteiger partial charge is 1.00 e. The van der Waals surface area contributed by atoms with Gasteiger partial charge in [-0.05, 0) is 6.42 Å². The Labute approximate surface area is 167 Å². The molecular weight excluding hydrogens is 327 g/mol. The van der Waals surface area contributed by atoms with Gasteiger partial charge in [0.25, 0.3) is 0 Å². The van der Waals surface area contributed by atoms with E-state index in [9.17, 15) is 0 Å². The van der Waals surface area contributed by atoms with Crippen LogP contribution in [0.15, 0.2) is 0 Å². The molecule has 0 unspecified atom stereocenters. The second-order valence-electron chi connectivity index (χ2n) is 5.77. The van der Waals surface area contributed by atoms with Gasteiger partial charge < -0.3 is 6.53 Å². The van der Waals surface area contributed by atoms with E-state index in [1.54, 1.807) is 0 Å². The summed E-state index contributed by atoms with van der Waals surface area (Å²) < 4.78 is 31.6. The molecule has 0 aliphatic heterocycles. The van der Waals surface area contributed by atoms with Crippen molar-refractivity contribution >= 4 is 10.4 Å². The molecule has 0 saturated carbocycles. The smallest absolute Gasteiger partial charge is 1.00 e. The number of rotatable bonds is 14. The number of hydrogen-bond acceptors (Lipinski definition) is 3. The Morgan fingerprint density at radius 2 is 0.870 bits per heavy atom. The fraction of sp³-hybridized carbons (Fsp3) is 1.00. The Kier molecular flexibility index (Phi) is 28.4. The van der Waals surface area contributed by atoms with E-state index in [0.29, 0.717) is 6.61 Å². The molecule has 0 rings (SSSR count). The molecule has 0 aliphatic rings. The van der Waals surface area contributed by atoms with Crippen LogP contribution in [0.4, 0.5) is 0 Å². The number of aliphatic hydroxyl groups excluding tert-OH is 1.